The van der Waals surface area contributed by atoms with Crippen molar-refractivity contribution in [1.29, 1.82) is 0 Å². The lowest BCUT2D eigenvalue weighted by Gasteiger charge is -2.09. The first-order chi connectivity index (χ1) is 14.0. The van der Waals surface area contributed by atoms with Gasteiger partial charge in [-0.2, -0.15) is 0 Å². The molecule has 1 aliphatic heterocycles. The zero-order chi connectivity index (χ0) is 20.4. The summed E-state index contributed by atoms with van der Waals surface area (Å²) >= 11 is 0. The zero-order valence-electron chi connectivity index (χ0n) is 16.6. The summed E-state index contributed by atoms with van der Waals surface area (Å²) in [6.07, 6.45) is 3.61. The summed E-state index contributed by atoms with van der Waals surface area (Å²) in [5.74, 6) is 1.48. The van der Waals surface area contributed by atoms with E-state index in [1.54, 1.807) is 12.1 Å². The number of benzene rings is 3. The maximum atomic E-state index is 12.8. The summed E-state index contributed by atoms with van der Waals surface area (Å²) in [7, 11) is 0. The lowest BCUT2D eigenvalue weighted by atomic mass is 10.0. The highest BCUT2D eigenvalue weighted by molar-refractivity contribution is 6.15. The second-order valence-corrected chi connectivity index (χ2v) is 7.14. The second-order valence-electron chi connectivity index (χ2n) is 7.14. The molecule has 144 valence electrons. The van der Waals surface area contributed by atoms with Crippen molar-refractivity contribution in [2.75, 3.05) is 0 Å². The molecular formula is C26H22O3. The van der Waals surface area contributed by atoms with E-state index in [-0.39, 0.29) is 5.78 Å². The van der Waals surface area contributed by atoms with Crippen LogP contribution < -0.4 is 9.47 Å². The molecule has 0 saturated heterocycles. The summed E-state index contributed by atoms with van der Waals surface area (Å²) in [5.41, 5.74) is 5.65. The first kappa shape index (κ1) is 18.8. The summed E-state index contributed by atoms with van der Waals surface area (Å²) in [5, 5.41) is 0. The minimum absolute atomic E-state index is 0.0904. The fourth-order valence-electron chi connectivity index (χ4n) is 3.37. The topological polar surface area (TPSA) is 35.5 Å². The summed E-state index contributed by atoms with van der Waals surface area (Å²) in [4.78, 5) is 12.8. The van der Waals surface area contributed by atoms with Gasteiger partial charge in [0, 0.05) is 6.07 Å². The van der Waals surface area contributed by atoms with Crippen LogP contribution in [0.2, 0.25) is 0 Å². The van der Waals surface area contributed by atoms with Gasteiger partial charge in [-0.15, -0.1) is 0 Å². The number of fused-ring (bicyclic) bond motifs is 1. The van der Waals surface area contributed by atoms with Crippen LogP contribution in [-0.4, -0.2) is 5.78 Å². The zero-order valence-corrected chi connectivity index (χ0v) is 16.6. The van der Waals surface area contributed by atoms with Crippen LogP contribution in [0.4, 0.5) is 0 Å². The van der Waals surface area contributed by atoms with Crippen molar-refractivity contribution in [1.82, 2.24) is 0 Å². The molecule has 0 bridgehead atoms. The fraction of sp³-hybridized carbons (Fsp3) is 0.115. The third-order valence-corrected chi connectivity index (χ3v) is 5.04. The molecular weight excluding hydrogens is 360 g/mol. The van der Waals surface area contributed by atoms with Crippen LogP contribution in [0.1, 0.15) is 38.2 Å². The first-order valence-electron chi connectivity index (χ1n) is 9.54. The van der Waals surface area contributed by atoms with Gasteiger partial charge in [-0.05, 0) is 53.8 Å². The monoisotopic (exact) mass is 382 g/mol. The lowest BCUT2D eigenvalue weighted by Crippen LogP contribution is -2.00. The molecule has 0 amide bonds. The molecule has 1 heterocycles. The summed E-state index contributed by atoms with van der Waals surface area (Å²) in [6.45, 7) is 8.12. The van der Waals surface area contributed by atoms with E-state index in [0.717, 1.165) is 27.8 Å². The van der Waals surface area contributed by atoms with E-state index in [1.165, 1.54) is 0 Å². The SMILES string of the molecule is C=Cc1ccc(COc2cc(C)c3c(c2)O/C(=C\c2ccccc2C)C3=O)cc1. The molecule has 0 spiro atoms. The number of hydrogen-bond acceptors (Lipinski definition) is 3. The summed E-state index contributed by atoms with van der Waals surface area (Å²) in [6, 6.07) is 19.6. The summed E-state index contributed by atoms with van der Waals surface area (Å²) < 4.78 is 11.8. The van der Waals surface area contributed by atoms with Crippen LogP contribution in [0.25, 0.3) is 12.2 Å². The quantitative estimate of drug-likeness (QED) is 0.497. The number of hydrogen-bond donors (Lipinski definition) is 0. The fourth-order valence-corrected chi connectivity index (χ4v) is 3.37. The van der Waals surface area contributed by atoms with E-state index >= 15 is 0 Å². The molecule has 29 heavy (non-hydrogen) atoms. The average molecular weight is 382 g/mol. The van der Waals surface area contributed by atoms with Crippen molar-refractivity contribution in [3.8, 4) is 11.5 Å². The third kappa shape index (κ3) is 3.85. The van der Waals surface area contributed by atoms with Gasteiger partial charge in [0.25, 0.3) is 0 Å². The number of carbonyl (C=O) groups excluding carboxylic acids is 1. The van der Waals surface area contributed by atoms with Gasteiger partial charge >= 0.3 is 0 Å². The maximum Gasteiger partial charge on any atom is 0.232 e. The van der Waals surface area contributed by atoms with Crippen LogP contribution in [0.5, 0.6) is 11.5 Å². The van der Waals surface area contributed by atoms with Gasteiger partial charge in [0.2, 0.25) is 5.78 Å². The Balaban J connectivity index is 1.55. The number of rotatable bonds is 5. The molecule has 0 N–H and O–H groups in total. The van der Waals surface area contributed by atoms with E-state index in [4.69, 9.17) is 9.47 Å². The Morgan fingerprint density at radius 3 is 2.48 bits per heavy atom. The number of Topliss-reactive ketones (excluding diaryl/α,β-unsaturated/α-hetero) is 1. The molecule has 0 atom stereocenters. The van der Waals surface area contributed by atoms with E-state index in [2.05, 4.69) is 6.58 Å². The van der Waals surface area contributed by atoms with Crippen LogP contribution in [0, 0.1) is 13.8 Å². The lowest BCUT2D eigenvalue weighted by molar-refractivity contribution is 0.101. The molecule has 0 aromatic heterocycles. The molecule has 3 nitrogen and oxygen atoms in total. The van der Waals surface area contributed by atoms with Gasteiger partial charge in [0.15, 0.2) is 5.76 Å². The Morgan fingerprint density at radius 2 is 1.76 bits per heavy atom. The van der Waals surface area contributed by atoms with Crippen molar-refractivity contribution in [2.45, 2.75) is 20.5 Å². The third-order valence-electron chi connectivity index (χ3n) is 5.04. The Labute approximate surface area is 170 Å². The number of allylic oxidation sites excluding steroid dienone is 1. The maximum absolute atomic E-state index is 12.8. The van der Waals surface area contributed by atoms with Crippen molar-refractivity contribution >= 4 is 17.9 Å². The van der Waals surface area contributed by atoms with Crippen LogP contribution in [0.3, 0.4) is 0 Å². The Bertz CT molecular complexity index is 1120. The smallest absolute Gasteiger partial charge is 0.232 e. The van der Waals surface area contributed by atoms with Gasteiger partial charge < -0.3 is 9.47 Å². The Morgan fingerprint density at radius 1 is 1.00 bits per heavy atom. The van der Waals surface area contributed by atoms with E-state index < -0.39 is 0 Å². The molecule has 3 aromatic carbocycles. The number of carbonyl (C=O) groups is 1. The Hall–Kier alpha value is -3.59. The van der Waals surface area contributed by atoms with E-state index in [1.807, 2.05) is 74.5 Å². The normalized spacial score (nSPS) is 13.9. The number of ketones is 1. The van der Waals surface area contributed by atoms with Crippen molar-refractivity contribution in [2.24, 2.45) is 0 Å². The van der Waals surface area contributed by atoms with Crippen LogP contribution in [-0.2, 0) is 6.61 Å². The predicted octanol–water partition coefficient (Wildman–Crippen LogP) is 6.14. The standard InChI is InChI=1S/C26H22O3/c1-4-19-9-11-20(12-10-19)16-28-22-13-18(3)25-23(15-22)29-24(26(25)27)14-21-8-6-5-7-17(21)2/h4-15H,1,16H2,2-3H3/b24-14-. The van der Waals surface area contributed by atoms with Crippen LogP contribution >= 0.6 is 0 Å². The molecule has 3 aromatic rings. The van der Waals surface area contributed by atoms with E-state index in [9.17, 15) is 4.79 Å². The van der Waals surface area contributed by atoms with Gasteiger partial charge in [-0.1, -0.05) is 61.2 Å². The van der Waals surface area contributed by atoms with Gasteiger partial charge in [-0.25, -0.2) is 0 Å². The average Bonchev–Trinajstić information content (AvgIpc) is 3.04. The molecule has 1 aliphatic rings. The van der Waals surface area contributed by atoms with Gasteiger partial charge in [0.05, 0.1) is 5.56 Å². The molecule has 3 heteroatoms. The molecule has 0 aliphatic carbocycles. The molecule has 4 rings (SSSR count). The first-order valence-corrected chi connectivity index (χ1v) is 9.54. The van der Waals surface area contributed by atoms with Gasteiger partial charge in [0.1, 0.15) is 18.1 Å². The molecule has 0 unspecified atom stereocenters. The highest BCUT2D eigenvalue weighted by atomic mass is 16.5. The minimum atomic E-state index is -0.0904. The number of aryl methyl sites for hydroxylation is 2. The van der Waals surface area contributed by atoms with Crippen LogP contribution in [0.15, 0.2) is 73.0 Å². The minimum Gasteiger partial charge on any atom is -0.489 e. The highest BCUT2D eigenvalue weighted by Gasteiger charge is 2.30. The molecule has 0 fully saturated rings. The predicted molar refractivity (Wildman–Crippen MR) is 116 cm³/mol. The van der Waals surface area contributed by atoms with Crippen molar-refractivity contribution < 1.29 is 14.3 Å². The Kier molecular flexibility index (Phi) is 5.05. The van der Waals surface area contributed by atoms with Crippen molar-refractivity contribution in [3.05, 3.63) is 106 Å². The highest BCUT2D eigenvalue weighted by Crippen LogP contribution is 2.37. The largest absolute Gasteiger partial charge is 0.489 e. The molecule has 0 saturated carbocycles. The van der Waals surface area contributed by atoms with E-state index in [0.29, 0.717) is 29.4 Å². The molecule has 0 radical (unpaired) electrons. The number of ether oxygens (including phenoxy) is 2. The van der Waals surface area contributed by atoms with Gasteiger partial charge in [-0.3, -0.25) is 4.79 Å². The second kappa shape index (κ2) is 7.80. The van der Waals surface area contributed by atoms with Crippen molar-refractivity contribution in [3.63, 3.8) is 0 Å².